The molecule has 0 heterocycles. The molecule has 0 aromatic carbocycles. The van der Waals surface area contributed by atoms with Crippen LogP contribution in [0.2, 0.25) is 0 Å². The van der Waals surface area contributed by atoms with E-state index in [1.54, 1.807) is 0 Å². The lowest BCUT2D eigenvalue weighted by molar-refractivity contribution is 0.883. The summed E-state index contributed by atoms with van der Waals surface area (Å²) in [5.41, 5.74) is 10.4. The van der Waals surface area contributed by atoms with Crippen LogP contribution in [0, 0.1) is 0 Å². The molecule has 0 aromatic heterocycles. The minimum Gasteiger partial charge on any atom is -0.317 e. The van der Waals surface area contributed by atoms with Gasteiger partial charge in [0.2, 0.25) is 0 Å². The fraction of sp³-hybridized carbons (Fsp3) is 1.00. The van der Waals surface area contributed by atoms with Crippen molar-refractivity contribution in [3.8, 4) is 0 Å². The summed E-state index contributed by atoms with van der Waals surface area (Å²) < 4.78 is 0. The summed E-state index contributed by atoms with van der Waals surface area (Å²) in [6, 6.07) is 0. The van der Waals surface area contributed by atoms with E-state index in [4.69, 9.17) is 11.5 Å². The van der Waals surface area contributed by atoms with Gasteiger partial charge < -0.3 is 11.5 Å². The summed E-state index contributed by atoms with van der Waals surface area (Å²) in [6.45, 7) is 0. The van der Waals surface area contributed by atoms with E-state index in [0.717, 1.165) is 0 Å². The van der Waals surface area contributed by atoms with Gasteiger partial charge in [-0.1, -0.05) is 31.9 Å². The normalized spacial score (nSPS) is 20.0. The van der Waals surface area contributed by atoms with Crippen LogP contribution in [-0.4, -0.2) is 9.90 Å². The number of hydrogen-bond acceptors (Lipinski definition) is 2. The van der Waals surface area contributed by atoms with Crippen molar-refractivity contribution in [2.75, 3.05) is 0 Å². The molecule has 2 atom stereocenters. The second-order valence-electron chi connectivity index (χ2n) is 0.889. The zero-order chi connectivity index (χ0) is 5.15. The predicted molar refractivity (Wildman–Crippen MR) is 33.8 cm³/mol. The van der Waals surface area contributed by atoms with E-state index in [9.17, 15) is 0 Å². The van der Waals surface area contributed by atoms with Crippen LogP contribution in [0.3, 0.4) is 0 Å². The first kappa shape index (κ1) is 6.88. The third kappa shape index (κ3) is 3.08. The molecule has 0 aliphatic carbocycles. The molecular weight excluding hydrogens is 212 g/mol. The average molecular weight is 218 g/mol. The zero-order valence-electron chi connectivity index (χ0n) is 3.07. The Morgan fingerprint density at radius 3 is 1.17 bits per heavy atom. The smallest absolute Gasteiger partial charge is 0.0860 e. The minimum atomic E-state index is -0.141. The van der Waals surface area contributed by atoms with Crippen LogP contribution in [-0.2, 0) is 0 Å². The van der Waals surface area contributed by atoms with E-state index in [1.165, 1.54) is 0 Å². The highest BCUT2D eigenvalue weighted by molar-refractivity contribution is 9.12. The van der Waals surface area contributed by atoms with Crippen molar-refractivity contribution in [2.24, 2.45) is 11.5 Å². The van der Waals surface area contributed by atoms with Gasteiger partial charge in [0.1, 0.15) is 0 Å². The van der Waals surface area contributed by atoms with Gasteiger partial charge in [-0.25, -0.2) is 0 Å². The molecule has 4 heteroatoms. The summed E-state index contributed by atoms with van der Waals surface area (Å²) in [5.74, 6) is 0. The molecule has 0 spiro atoms. The fourth-order valence-corrected chi connectivity index (χ4v) is 0. The molecule has 0 saturated carbocycles. The van der Waals surface area contributed by atoms with Crippen molar-refractivity contribution in [1.82, 2.24) is 0 Å². The van der Waals surface area contributed by atoms with Gasteiger partial charge in [-0.05, 0) is 0 Å². The second-order valence-corrected chi connectivity index (χ2v) is 3.00. The highest BCUT2D eigenvalue weighted by atomic mass is 79.9. The Bertz CT molecular complexity index is 30.5. The first-order valence-corrected chi connectivity index (χ1v) is 3.27. The van der Waals surface area contributed by atoms with Crippen LogP contribution >= 0.6 is 31.9 Å². The van der Waals surface area contributed by atoms with Gasteiger partial charge in [0, 0.05) is 0 Å². The standard InChI is InChI=1S/C2H6Br2N2/c3-1(5)2(4)6/h1-2H,5-6H2. The quantitative estimate of drug-likeness (QED) is 0.492. The van der Waals surface area contributed by atoms with Crippen LogP contribution in [0.1, 0.15) is 0 Å². The average Bonchev–Trinajstić information content (AvgIpc) is 1.36. The molecule has 38 valence electrons. The van der Waals surface area contributed by atoms with Gasteiger partial charge in [0.05, 0.1) is 9.90 Å². The molecule has 0 rings (SSSR count). The highest BCUT2D eigenvalue weighted by Crippen LogP contribution is 2.00. The van der Waals surface area contributed by atoms with Crippen LogP contribution < -0.4 is 11.5 Å². The SMILES string of the molecule is NC(Br)C(N)Br. The maximum atomic E-state index is 5.18. The first-order chi connectivity index (χ1) is 2.64. The molecule has 0 radical (unpaired) electrons. The first-order valence-electron chi connectivity index (χ1n) is 1.44. The van der Waals surface area contributed by atoms with E-state index in [2.05, 4.69) is 31.9 Å². The summed E-state index contributed by atoms with van der Waals surface area (Å²) in [7, 11) is 0. The third-order valence-electron chi connectivity index (χ3n) is 0.304. The number of nitrogens with two attached hydrogens (primary N) is 2. The Morgan fingerprint density at radius 2 is 1.17 bits per heavy atom. The molecule has 0 aromatic rings. The Kier molecular flexibility index (Phi) is 3.39. The molecule has 0 fully saturated rings. The van der Waals surface area contributed by atoms with Crippen molar-refractivity contribution >= 4 is 31.9 Å². The lowest BCUT2D eigenvalue weighted by Gasteiger charge is -2.02. The highest BCUT2D eigenvalue weighted by Gasteiger charge is 2.00. The predicted octanol–water partition coefficient (Wildman–Crippen LogP) is 0.346. The maximum absolute atomic E-state index is 5.18. The molecule has 0 bridgehead atoms. The van der Waals surface area contributed by atoms with E-state index in [0.29, 0.717) is 0 Å². The van der Waals surface area contributed by atoms with Crippen LogP contribution in [0.15, 0.2) is 0 Å². The van der Waals surface area contributed by atoms with E-state index >= 15 is 0 Å². The van der Waals surface area contributed by atoms with Gasteiger partial charge in [-0.15, -0.1) is 0 Å². The van der Waals surface area contributed by atoms with Crippen LogP contribution in [0.25, 0.3) is 0 Å². The number of halogens is 2. The van der Waals surface area contributed by atoms with E-state index in [-0.39, 0.29) is 9.90 Å². The van der Waals surface area contributed by atoms with Crippen molar-refractivity contribution in [1.29, 1.82) is 0 Å². The van der Waals surface area contributed by atoms with Gasteiger partial charge in [-0.3, -0.25) is 0 Å². The van der Waals surface area contributed by atoms with Gasteiger partial charge >= 0.3 is 0 Å². The largest absolute Gasteiger partial charge is 0.317 e. The monoisotopic (exact) mass is 216 g/mol. The van der Waals surface area contributed by atoms with Crippen molar-refractivity contribution in [2.45, 2.75) is 9.90 Å². The summed E-state index contributed by atoms with van der Waals surface area (Å²) >= 11 is 6.09. The molecule has 0 amide bonds. The molecule has 6 heavy (non-hydrogen) atoms. The van der Waals surface area contributed by atoms with E-state index in [1.807, 2.05) is 0 Å². The number of rotatable bonds is 1. The molecule has 2 nitrogen and oxygen atoms in total. The van der Waals surface area contributed by atoms with Gasteiger partial charge in [0.15, 0.2) is 0 Å². The summed E-state index contributed by atoms with van der Waals surface area (Å²) in [4.78, 5) is -0.282. The lowest BCUT2D eigenvalue weighted by Crippen LogP contribution is -2.30. The molecule has 2 unspecified atom stereocenters. The molecule has 0 saturated heterocycles. The Balaban J connectivity index is 2.99. The van der Waals surface area contributed by atoms with Crippen molar-refractivity contribution in [3.63, 3.8) is 0 Å². The summed E-state index contributed by atoms with van der Waals surface area (Å²) in [6.07, 6.45) is 0. The fourth-order valence-electron chi connectivity index (χ4n) is 0. The summed E-state index contributed by atoms with van der Waals surface area (Å²) in [5, 5.41) is 0. The topological polar surface area (TPSA) is 52.0 Å². The van der Waals surface area contributed by atoms with Gasteiger partial charge in [-0.2, -0.15) is 0 Å². The lowest BCUT2D eigenvalue weighted by atomic mass is 10.7. The minimum absolute atomic E-state index is 0.141. The molecule has 0 aliphatic heterocycles. The zero-order valence-corrected chi connectivity index (χ0v) is 6.24. The van der Waals surface area contributed by atoms with E-state index < -0.39 is 0 Å². The Labute approximate surface area is 53.5 Å². The van der Waals surface area contributed by atoms with Crippen LogP contribution in [0.5, 0.6) is 0 Å². The number of hydrogen-bond donors (Lipinski definition) is 2. The Hall–Kier alpha value is 0.880. The second kappa shape index (κ2) is 2.96. The Morgan fingerprint density at radius 1 is 1.00 bits per heavy atom. The third-order valence-corrected chi connectivity index (χ3v) is 2.15. The van der Waals surface area contributed by atoms with Crippen molar-refractivity contribution < 1.29 is 0 Å². The number of alkyl halides is 2. The van der Waals surface area contributed by atoms with Crippen LogP contribution in [0.4, 0.5) is 0 Å². The molecule has 0 aliphatic rings. The maximum Gasteiger partial charge on any atom is 0.0860 e. The van der Waals surface area contributed by atoms with Crippen molar-refractivity contribution in [3.05, 3.63) is 0 Å². The molecular formula is C2H6Br2N2. The molecule has 4 N–H and O–H groups in total. The van der Waals surface area contributed by atoms with Gasteiger partial charge in [0.25, 0.3) is 0 Å².